The second-order valence-electron chi connectivity index (χ2n) is 4.07. The Morgan fingerprint density at radius 1 is 1.50 bits per heavy atom. The van der Waals surface area contributed by atoms with E-state index in [-0.39, 0.29) is 16.0 Å². The molecule has 0 saturated carbocycles. The van der Waals surface area contributed by atoms with E-state index in [1.54, 1.807) is 5.38 Å². The second-order valence-corrected chi connectivity index (χ2v) is 4.95. The zero-order valence-corrected chi connectivity index (χ0v) is 9.57. The van der Waals surface area contributed by atoms with Crippen molar-refractivity contribution in [1.82, 2.24) is 0 Å². The van der Waals surface area contributed by atoms with Crippen molar-refractivity contribution < 1.29 is 14.6 Å². The van der Waals surface area contributed by atoms with Gasteiger partial charge in [-0.1, -0.05) is 20.8 Å². The number of rotatable bonds is 1. The molecule has 1 rings (SSSR count). The third-order valence-electron chi connectivity index (χ3n) is 1.94. The molecule has 1 aromatic heterocycles. The van der Waals surface area contributed by atoms with Gasteiger partial charge in [-0.15, -0.1) is 11.3 Å². The molecule has 3 nitrogen and oxygen atoms in total. The molecule has 0 fully saturated rings. The first-order chi connectivity index (χ1) is 6.38. The molecule has 0 unspecified atom stereocenters. The number of esters is 1. The Bertz CT molecular complexity index is 347. The predicted molar refractivity (Wildman–Crippen MR) is 56.0 cm³/mol. The minimum absolute atomic E-state index is 0.0503. The predicted octanol–water partition coefficient (Wildman–Crippen LogP) is 2.54. The SMILES string of the molecule is COC(=O)c1scc(C(C)(C)C)c1O. The molecule has 1 N–H and O–H groups in total. The first-order valence-electron chi connectivity index (χ1n) is 4.27. The fourth-order valence-electron chi connectivity index (χ4n) is 1.12. The van der Waals surface area contributed by atoms with Crippen molar-refractivity contribution in [3.8, 4) is 5.75 Å². The maximum atomic E-state index is 11.2. The lowest BCUT2D eigenvalue weighted by Gasteiger charge is -2.17. The summed E-state index contributed by atoms with van der Waals surface area (Å²) in [6.45, 7) is 5.95. The van der Waals surface area contributed by atoms with Crippen LogP contribution in [0, 0.1) is 0 Å². The first-order valence-corrected chi connectivity index (χ1v) is 5.15. The van der Waals surface area contributed by atoms with Gasteiger partial charge in [0, 0.05) is 5.56 Å². The number of hydrogen-bond donors (Lipinski definition) is 1. The summed E-state index contributed by atoms with van der Waals surface area (Å²) in [6, 6.07) is 0. The molecule has 0 aliphatic rings. The Hall–Kier alpha value is -1.03. The van der Waals surface area contributed by atoms with Gasteiger partial charge in [0.2, 0.25) is 0 Å². The largest absolute Gasteiger partial charge is 0.506 e. The molecule has 0 saturated heterocycles. The summed E-state index contributed by atoms with van der Waals surface area (Å²) in [4.78, 5) is 11.5. The molecule has 0 atom stereocenters. The molecule has 0 bridgehead atoms. The van der Waals surface area contributed by atoms with E-state index in [0.29, 0.717) is 0 Å². The number of methoxy groups -OCH3 is 1. The van der Waals surface area contributed by atoms with Gasteiger partial charge < -0.3 is 9.84 Å². The molecule has 1 heterocycles. The van der Waals surface area contributed by atoms with E-state index in [0.717, 1.165) is 5.56 Å². The van der Waals surface area contributed by atoms with Crippen molar-refractivity contribution in [3.63, 3.8) is 0 Å². The Kier molecular flexibility index (Phi) is 2.85. The molecule has 0 aromatic carbocycles. The van der Waals surface area contributed by atoms with Crippen molar-refractivity contribution in [2.24, 2.45) is 0 Å². The van der Waals surface area contributed by atoms with Crippen molar-refractivity contribution >= 4 is 17.3 Å². The van der Waals surface area contributed by atoms with Gasteiger partial charge >= 0.3 is 5.97 Å². The molecule has 0 amide bonds. The van der Waals surface area contributed by atoms with E-state index in [4.69, 9.17) is 0 Å². The molecule has 0 radical (unpaired) electrons. The molecule has 0 aliphatic carbocycles. The molecule has 1 aromatic rings. The van der Waals surface area contributed by atoms with Crippen LogP contribution in [0.15, 0.2) is 5.38 Å². The van der Waals surface area contributed by atoms with Gasteiger partial charge in [0.05, 0.1) is 7.11 Å². The third-order valence-corrected chi connectivity index (χ3v) is 2.89. The van der Waals surface area contributed by atoms with Crippen LogP contribution in [0.2, 0.25) is 0 Å². The van der Waals surface area contributed by atoms with Crippen molar-refractivity contribution in [2.45, 2.75) is 26.2 Å². The number of carbonyl (C=O) groups is 1. The third kappa shape index (κ3) is 1.90. The van der Waals surface area contributed by atoms with Crippen LogP contribution in [0.5, 0.6) is 5.75 Å². The highest BCUT2D eigenvalue weighted by Gasteiger charge is 2.25. The average molecular weight is 214 g/mol. The number of carbonyl (C=O) groups excluding carboxylic acids is 1. The topological polar surface area (TPSA) is 46.5 Å². The fourth-order valence-corrected chi connectivity index (χ4v) is 2.22. The number of aromatic hydroxyl groups is 1. The Morgan fingerprint density at radius 2 is 2.07 bits per heavy atom. The summed E-state index contributed by atoms with van der Waals surface area (Å²) < 4.78 is 4.55. The molecule has 14 heavy (non-hydrogen) atoms. The first kappa shape index (κ1) is 11.0. The van der Waals surface area contributed by atoms with Crippen molar-refractivity contribution in [1.29, 1.82) is 0 Å². The van der Waals surface area contributed by atoms with Gasteiger partial charge in [-0.05, 0) is 10.8 Å². The van der Waals surface area contributed by atoms with Crippen LogP contribution in [0.4, 0.5) is 0 Å². The summed E-state index contributed by atoms with van der Waals surface area (Å²) in [5, 5.41) is 11.6. The maximum absolute atomic E-state index is 11.2. The van der Waals surface area contributed by atoms with Crippen molar-refractivity contribution in [2.75, 3.05) is 7.11 Å². The highest BCUT2D eigenvalue weighted by molar-refractivity contribution is 7.12. The van der Waals surface area contributed by atoms with Crippen LogP contribution in [-0.4, -0.2) is 18.2 Å². The van der Waals surface area contributed by atoms with Gasteiger partial charge in [-0.25, -0.2) is 4.79 Å². The normalized spacial score (nSPS) is 11.4. The maximum Gasteiger partial charge on any atom is 0.351 e. The minimum atomic E-state index is -0.483. The van der Waals surface area contributed by atoms with Crippen LogP contribution in [0.3, 0.4) is 0 Å². The molecule has 78 valence electrons. The smallest absolute Gasteiger partial charge is 0.351 e. The van der Waals surface area contributed by atoms with Gasteiger partial charge in [0.25, 0.3) is 0 Å². The Balaban J connectivity index is 3.15. The van der Waals surface area contributed by atoms with E-state index < -0.39 is 5.97 Å². The fraction of sp³-hybridized carbons (Fsp3) is 0.500. The minimum Gasteiger partial charge on any atom is -0.506 e. The van der Waals surface area contributed by atoms with E-state index in [9.17, 15) is 9.90 Å². The van der Waals surface area contributed by atoms with E-state index in [2.05, 4.69) is 4.74 Å². The van der Waals surface area contributed by atoms with Gasteiger partial charge in [0.15, 0.2) is 4.88 Å². The highest BCUT2D eigenvalue weighted by Crippen LogP contribution is 2.37. The van der Waals surface area contributed by atoms with Crippen LogP contribution in [0.1, 0.15) is 36.0 Å². The quantitative estimate of drug-likeness (QED) is 0.731. The zero-order valence-electron chi connectivity index (χ0n) is 8.75. The van der Waals surface area contributed by atoms with Crippen LogP contribution >= 0.6 is 11.3 Å². The van der Waals surface area contributed by atoms with E-state index >= 15 is 0 Å². The van der Waals surface area contributed by atoms with Gasteiger partial charge in [0.1, 0.15) is 5.75 Å². The van der Waals surface area contributed by atoms with Gasteiger partial charge in [-0.2, -0.15) is 0 Å². The van der Waals surface area contributed by atoms with Crippen molar-refractivity contribution in [3.05, 3.63) is 15.8 Å². The summed E-state index contributed by atoms with van der Waals surface area (Å²) in [7, 11) is 1.30. The summed E-state index contributed by atoms with van der Waals surface area (Å²) in [6.07, 6.45) is 0. The molecular weight excluding hydrogens is 200 g/mol. The second kappa shape index (κ2) is 3.61. The highest BCUT2D eigenvalue weighted by atomic mass is 32.1. The van der Waals surface area contributed by atoms with E-state index in [1.807, 2.05) is 20.8 Å². The summed E-state index contributed by atoms with van der Waals surface area (Å²) in [5.41, 5.74) is 0.621. The average Bonchev–Trinajstić information content (AvgIpc) is 2.45. The van der Waals surface area contributed by atoms with Gasteiger partial charge in [-0.3, -0.25) is 0 Å². The molecule has 0 spiro atoms. The van der Waals surface area contributed by atoms with Crippen LogP contribution in [0.25, 0.3) is 0 Å². The van der Waals surface area contributed by atoms with Crippen LogP contribution < -0.4 is 0 Å². The van der Waals surface area contributed by atoms with E-state index in [1.165, 1.54) is 18.4 Å². The zero-order chi connectivity index (χ0) is 10.9. The number of ether oxygens (including phenoxy) is 1. The Labute approximate surface area is 87.3 Å². The number of thiophene rings is 1. The number of hydrogen-bond acceptors (Lipinski definition) is 4. The summed E-state index contributed by atoms with van der Waals surface area (Å²) >= 11 is 1.21. The Morgan fingerprint density at radius 3 is 2.43 bits per heavy atom. The molecule has 4 heteroatoms. The summed E-state index contributed by atoms with van der Waals surface area (Å²) in [5.74, 6) is -0.433. The molecule has 0 aliphatic heterocycles. The standard InChI is InChI=1S/C10H14O3S/c1-10(2,3)6-5-14-8(7(6)11)9(12)13-4/h5,11H,1-4H3. The monoisotopic (exact) mass is 214 g/mol. The lowest BCUT2D eigenvalue weighted by molar-refractivity contribution is 0.0603. The molecular formula is C10H14O3S. The lowest BCUT2D eigenvalue weighted by atomic mass is 9.88. The van der Waals surface area contributed by atoms with Crippen LogP contribution in [-0.2, 0) is 10.2 Å². The lowest BCUT2D eigenvalue weighted by Crippen LogP contribution is -2.10.